The van der Waals surface area contributed by atoms with Gasteiger partial charge in [0, 0.05) is 18.2 Å². The van der Waals surface area contributed by atoms with Gasteiger partial charge in [-0.2, -0.15) is 0 Å². The van der Waals surface area contributed by atoms with E-state index in [1.165, 1.54) is 24.1 Å². The van der Waals surface area contributed by atoms with Crippen molar-refractivity contribution in [1.29, 1.82) is 0 Å². The van der Waals surface area contributed by atoms with Gasteiger partial charge in [-0.25, -0.2) is 13.1 Å². The summed E-state index contributed by atoms with van der Waals surface area (Å²) in [6.45, 7) is 4.69. The summed E-state index contributed by atoms with van der Waals surface area (Å²) in [5, 5.41) is 0. The van der Waals surface area contributed by atoms with Gasteiger partial charge >= 0.3 is 0 Å². The van der Waals surface area contributed by atoms with Crippen LogP contribution in [0, 0.1) is 11.6 Å². The molecule has 4 heteroatoms. The molecule has 0 amide bonds. The van der Waals surface area contributed by atoms with Crippen LogP contribution in [0.5, 0.6) is 0 Å². The van der Waals surface area contributed by atoms with Crippen LogP contribution in [-0.4, -0.2) is 22.5 Å². The van der Waals surface area contributed by atoms with Crippen molar-refractivity contribution in [3.05, 3.63) is 70.8 Å². The lowest BCUT2D eigenvalue weighted by atomic mass is 9.67. The smallest absolute Gasteiger partial charge is 0.128 e. The second-order valence-electron chi connectivity index (χ2n) is 9.52. The SMILES string of the molecule is C=S(C)N(Cc1cc(F)c(C2(CC)CCCCC2)cc1F)[C@@H](C)CCCc1ccccc1. The van der Waals surface area contributed by atoms with Gasteiger partial charge in [0.05, 0.1) is 0 Å². The predicted octanol–water partition coefficient (Wildman–Crippen LogP) is 8.04. The van der Waals surface area contributed by atoms with E-state index in [9.17, 15) is 0 Å². The van der Waals surface area contributed by atoms with E-state index in [1.54, 1.807) is 0 Å². The molecular formula is C28H39F2NS. The van der Waals surface area contributed by atoms with Gasteiger partial charge in [0.25, 0.3) is 0 Å². The molecule has 1 saturated carbocycles. The summed E-state index contributed by atoms with van der Waals surface area (Å²) >= 11 is 0. The molecule has 1 fully saturated rings. The zero-order valence-corrected chi connectivity index (χ0v) is 20.8. The minimum atomic E-state index is -0.272. The first-order chi connectivity index (χ1) is 15.4. The van der Waals surface area contributed by atoms with Crippen molar-refractivity contribution in [2.45, 2.75) is 89.6 Å². The summed E-state index contributed by atoms with van der Waals surface area (Å²) in [5.41, 5.74) is 2.18. The lowest BCUT2D eigenvalue weighted by Crippen LogP contribution is -2.31. The number of rotatable bonds is 10. The van der Waals surface area contributed by atoms with E-state index in [-0.39, 0.29) is 33.8 Å². The van der Waals surface area contributed by atoms with Crippen molar-refractivity contribution in [2.24, 2.45) is 0 Å². The van der Waals surface area contributed by atoms with Crippen LogP contribution in [0.2, 0.25) is 0 Å². The van der Waals surface area contributed by atoms with Gasteiger partial charge < -0.3 is 0 Å². The first-order valence-corrected chi connectivity index (χ1v) is 13.9. The van der Waals surface area contributed by atoms with E-state index in [1.807, 2.05) is 6.07 Å². The largest absolute Gasteiger partial charge is 0.249 e. The summed E-state index contributed by atoms with van der Waals surface area (Å²) in [7, 11) is -0.272. The monoisotopic (exact) mass is 459 g/mol. The van der Waals surface area contributed by atoms with Crippen LogP contribution >= 0.6 is 10.7 Å². The van der Waals surface area contributed by atoms with Crippen molar-refractivity contribution in [2.75, 3.05) is 6.26 Å². The summed E-state index contributed by atoms with van der Waals surface area (Å²) in [4.78, 5) is 0. The Bertz CT molecular complexity index is 890. The van der Waals surface area contributed by atoms with Gasteiger partial charge in [-0.05, 0) is 80.4 Å². The average Bonchev–Trinajstić information content (AvgIpc) is 2.80. The minimum Gasteiger partial charge on any atom is -0.249 e. The van der Waals surface area contributed by atoms with Crippen LogP contribution in [0.4, 0.5) is 8.78 Å². The molecule has 0 radical (unpaired) electrons. The Kier molecular flexibility index (Phi) is 9.07. The zero-order valence-electron chi connectivity index (χ0n) is 20.0. The Balaban J connectivity index is 1.71. The highest BCUT2D eigenvalue weighted by atomic mass is 32.2. The van der Waals surface area contributed by atoms with Crippen LogP contribution in [0.25, 0.3) is 0 Å². The Hall–Kier alpha value is -1.52. The molecule has 1 aliphatic rings. The molecule has 0 spiro atoms. The van der Waals surface area contributed by atoms with Crippen LogP contribution in [0.15, 0.2) is 42.5 Å². The normalized spacial score (nSPS) is 17.9. The number of nitrogens with zero attached hydrogens (tertiary/aromatic N) is 1. The van der Waals surface area contributed by atoms with Crippen molar-refractivity contribution < 1.29 is 8.78 Å². The molecule has 0 heterocycles. The molecule has 0 aromatic heterocycles. The highest BCUT2D eigenvalue weighted by Crippen LogP contribution is 2.43. The fourth-order valence-corrected chi connectivity index (χ4v) is 6.37. The number of benzene rings is 2. The molecule has 2 aromatic rings. The minimum absolute atomic E-state index is 0.201. The summed E-state index contributed by atoms with van der Waals surface area (Å²) < 4.78 is 32.8. The Morgan fingerprint density at radius 3 is 2.38 bits per heavy atom. The van der Waals surface area contributed by atoms with Crippen molar-refractivity contribution in [3.8, 4) is 0 Å². The molecule has 0 aliphatic heterocycles. The molecule has 1 aliphatic carbocycles. The molecule has 0 N–H and O–H groups in total. The first kappa shape index (κ1) is 25.1. The van der Waals surface area contributed by atoms with Crippen LogP contribution in [-0.2, 0) is 18.4 Å². The standard InChI is InChI=1S/C28H39F2NS/c1-5-28(17-10-7-11-18-28)25-20-26(29)24(19-27(25)30)21-31(32(3)4)22(2)13-12-16-23-14-8-6-9-15-23/h6,8-9,14-15,19-20,22H,3,5,7,10-13,16-18,21H2,1-2,4H3/t22-,32?/m0/s1. The van der Waals surface area contributed by atoms with E-state index in [4.69, 9.17) is 0 Å². The molecule has 32 heavy (non-hydrogen) atoms. The van der Waals surface area contributed by atoms with Crippen LogP contribution in [0.1, 0.15) is 81.9 Å². The molecule has 2 atom stereocenters. The fraction of sp³-hybridized carbons (Fsp3) is 0.536. The van der Waals surface area contributed by atoms with Crippen molar-refractivity contribution in [3.63, 3.8) is 0 Å². The van der Waals surface area contributed by atoms with Gasteiger partial charge in [0.1, 0.15) is 11.6 Å². The quantitative estimate of drug-likeness (QED) is 0.325. The van der Waals surface area contributed by atoms with Gasteiger partial charge in [-0.1, -0.05) is 62.4 Å². The Morgan fingerprint density at radius 2 is 1.75 bits per heavy atom. The first-order valence-electron chi connectivity index (χ1n) is 12.1. The maximum atomic E-state index is 15.3. The second kappa shape index (κ2) is 11.6. The van der Waals surface area contributed by atoms with E-state index in [2.05, 4.69) is 54.5 Å². The third kappa shape index (κ3) is 6.08. The summed E-state index contributed by atoms with van der Waals surface area (Å²) in [6, 6.07) is 13.7. The molecule has 2 aromatic carbocycles. The lowest BCUT2D eigenvalue weighted by Gasteiger charge is -2.37. The molecule has 3 rings (SSSR count). The molecular weight excluding hydrogens is 420 g/mol. The summed E-state index contributed by atoms with van der Waals surface area (Å²) in [6.07, 6.45) is 11.3. The fourth-order valence-electron chi connectivity index (χ4n) is 5.29. The molecule has 0 saturated heterocycles. The number of hydrogen-bond donors (Lipinski definition) is 0. The van der Waals surface area contributed by atoms with E-state index in [0.717, 1.165) is 51.4 Å². The highest BCUT2D eigenvalue weighted by molar-refractivity contribution is 8.11. The maximum Gasteiger partial charge on any atom is 0.128 e. The number of aryl methyl sites for hydroxylation is 1. The van der Waals surface area contributed by atoms with Crippen molar-refractivity contribution in [1.82, 2.24) is 4.31 Å². The van der Waals surface area contributed by atoms with Gasteiger partial charge in [-0.3, -0.25) is 0 Å². The van der Waals surface area contributed by atoms with Crippen LogP contribution in [0.3, 0.4) is 0 Å². The Labute approximate surface area is 196 Å². The van der Waals surface area contributed by atoms with Gasteiger partial charge in [0.15, 0.2) is 0 Å². The predicted molar refractivity (Wildman–Crippen MR) is 136 cm³/mol. The van der Waals surface area contributed by atoms with E-state index >= 15 is 8.78 Å². The van der Waals surface area contributed by atoms with E-state index in [0.29, 0.717) is 17.7 Å². The van der Waals surface area contributed by atoms with E-state index < -0.39 is 0 Å². The van der Waals surface area contributed by atoms with Crippen molar-refractivity contribution >= 4 is 16.5 Å². The average molecular weight is 460 g/mol. The van der Waals surface area contributed by atoms with Crippen LogP contribution < -0.4 is 0 Å². The molecule has 0 bridgehead atoms. The topological polar surface area (TPSA) is 3.24 Å². The summed E-state index contributed by atoms with van der Waals surface area (Å²) in [5.74, 6) is 3.72. The van der Waals surface area contributed by atoms with Gasteiger partial charge in [-0.15, -0.1) is 10.7 Å². The zero-order chi connectivity index (χ0) is 23.1. The third-order valence-corrected chi connectivity index (χ3v) is 8.63. The second-order valence-corrected chi connectivity index (χ2v) is 11.2. The third-order valence-electron chi connectivity index (χ3n) is 7.34. The molecule has 176 valence electrons. The maximum absolute atomic E-state index is 15.3. The van der Waals surface area contributed by atoms with Gasteiger partial charge in [0.2, 0.25) is 0 Å². The Morgan fingerprint density at radius 1 is 1.06 bits per heavy atom. The number of hydrogen-bond acceptors (Lipinski definition) is 1. The lowest BCUT2D eigenvalue weighted by molar-refractivity contribution is 0.273. The highest BCUT2D eigenvalue weighted by Gasteiger charge is 2.35. The molecule has 1 nitrogen and oxygen atoms in total. The molecule has 1 unspecified atom stereocenters. The number of halogens is 2.